The zero-order chi connectivity index (χ0) is 14.8. The Morgan fingerprint density at radius 3 is 2.80 bits per heavy atom. The summed E-state index contributed by atoms with van der Waals surface area (Å²) in [5.74, 6) is 0. The van der Waals surface area contributed by atoms with Crippen LogP contribution in [-0.2, 0) is 4.74 Å². The lowest BCUT2D eigenvalue weighted by Gasteiger charge is -2.28. The number of hydrogen-bond donors (Lipinski definition) is 1. The second-order valence-electron chi connectivity index (χ2n) is 4.96. The Labute approximate surface area is 123 Å². The maximum absolute atomic E-state index is 5.21. The molecule has 1 N–H and O–H groups in total. The molecule has 1 aromatic carbocycles. The minimum absolute atomic E-state index is 0.348. The van der Waals surface area contributed by atoms with E-state index in [4.69, 9.17) is 4.74 Å². The quantitative estimate of drug-likeness (QED) is 0.663. The molecule has 0 aromatic heterocycles. The lowest BCUT2D eigenvalue weighted by Crippen LogP contribution is -2.30. The third kappa shape index (κ3) is 4.99. The molecule has 0 radical (unpaired) electrons. The van der Waals surface area contributed by atoms with Crippen LogP contribution in [0.5, 0.6) is 0 Å². The van der Waals surface area contributed by atoms with Gasteiger partial charge in [-0.05, 0) is 31.5 Å². The van der Waals surface area contributed by atoms with Crippen LogP contribution < -0.4 is 10.2 Å². The van der Waals surface area contributed by atoms with Crippen molar-refractivity contribution in [2.45, 2.75) is 26.3 Å². The van der Waals surface area contributed by atoms with Gasteiger partial charge in [-0.1, -0.05) is 31.2 Å². The zero-order valence-corrected chi connectivity index (χ0v) is 13.1. The fraction of sp³-hybridized carbons (Fsp3) is 0.529. The standard InChI is InChI=1S/C17H28N2O/c1-5-11-18-15(3)16-9-7-8-10-17(16)19(12-6-2)13-14-20-4/h6-10,15,18H,2,5,11-14H2,1,3-4H3. The maximum atomic E-state index is 5.21. The largest absolute Gasteiger partial charge is 0.383 e. The molecule has 0 spiro atoms. The van der Waals surface area contributed by atoms with Crippen molar-refractivity contribution < 1.29 is 4.74 Å². The van der Waals surface area contributed by atoms with Crippen LogP contribution in [0, 0.1) is 0 Å². The van der Waals surface area contributed by atoms with Crippen LogP contribution in [0.25, 0.3) is 0 Å². The second kappa shape index (κ2) is 9.56. The van der Waals surface area contributed by atoms with Crippen LogP contribution >= 0.6 is 0 Å². The van der Waals surface area contributed by atoms with E-state index in [-0.39, 0.29) is 0 Å². The van der Waals surface area contributed by atoms with Gasteiger partial charge in [0.15, 0.2) is 0 Å². The van der Waals surface area contributed by atoms with Crippen molar-refractivity contribution in [3.05, 3.63) is 42.5 Å². The van der Waals surface area contributed by atoms with Gasteiger partial charge in [0, 0.05) is 31.9 Å². The van der Waals surface area contributed by atoms with Gasteiger partial charge in [0.25, 0.3) is 0 Å². The van der Waals surface area contributed by atoms with E-state index in [9.17, 15) is 0 Å². The van der Waals surface area contributed by atoms with Crippen molar-refractivity contribution in [1.29, 1.82) is 0 Å². The monoisotopic (exact) mass is 276 g/mol. The van der Waals surface area contributed by atoms with Crippen LogP contribution in [0.3, 0.4) is 0 Å². The Hall–Kier alpha value is -1.32. The molecule has 3 nitrogen and oxygen atoms in total. The Balaban J connectivity index is 2.92. The van der Waals surface area contributed by atoms with Crippen LogP contribution in [-0.4, -0.2) is 33.4 Å². The highest BCUT2D eigenvalue weighted by molar-refractivity contribution is 5.55. The number of anilines is 1. The average Bonchev–Trinajstić information content (AvgIpc) is 2.49. The molecule has 0 aliphatic rings. The van der Waals surface area contributed by atoms with E-state index >= 15 is 0 Å². The van der Waals surface area contributed by atoms with Crippen LogP contribution in [0.15, 0.2) is 36.9 Å². The fourth-order valence-corrected chi connectivity index (χ4v) is 2.28. The Bertz CT molecular complexity index is 392. The van der Waals surface area contributed by atoms with Crippen molar-refractivity contribution in [1.82, 2.24) is 5.32 Å². The summed E-state index contributed by atoms with van der Waals surface area (Å²) in [7, 11) is 1.74. The highest BCUT2D eigenvalue weighted by atomic mass is 16.5. The Kier molecular flexibility index (Phi) is 8.00. The summed E-state index contributed by atoms with van der Waals surface area (Å²) in [6.45, 7) is 11.7. The van der Waals surface area contributed by atoms with E-state index in [0.717, 1.165) is 32.7 Å². The molecule has 0 heterocycles. The van der Waals surface area contributed by atoms with E-state index in [1.165, 1.54) is 11.3 Å². The van der Waals surface area contributed by atoms with Crippen LogP contribution in [0.2, 0.25) is 0 Å². The van der Waals surface area contributed by atoms with Gasteiger partial charge < -0.3 is 15.0 Å². The van der Waals surface area contributed by atoms with Crippen molar-refractivity contribution >= 4 is 5.69 Å². The smallest absolute Gasteiger partial charge is 0.0637 e. The molecule has 1 rings (SSSR count). The summed E-state index contributed by atoms with van der Waals surface area (Å²) >= 11 is 0. The predicted molar refractivity (Wildman–Crippen MR) is 87.4 cm³/mol. The van der Waals surface area contributed by atoms with Gasteiger partial charge in [-0.25, -0.2) is 0 Å². The van der Waals surface area contributed by atoms with Gasteiger partial charge in [0.1, 0.15) is 0 Å². The molecule has 0 saturated carbocycles. The number of benzene rings is 1. The predicted octanol–water partition coefficient (Wildman–Crippen LogP) is 3.39. The van der Waals surface area contributed by atoms with E-state index < -0.39 is 0 Å². The van der Waals surface area contributed by atoms with Gasteiger partial charge in [-0.15, -0.1) is 6.58 Å². The van der Waals surface area contributed by atoms with Crippen molar-refractivity contribution in [3.8, 4) is 0 Å². The number of methoxy groups -OCH3 is 1. The molecule has 0 fully saturated rings. The van der Waals surface area contributed by atoms with Crippen molar-refractivity contribution in [2.75, 3.05) is 38.3 Å². The molecule has 1 atom stereocenters. The first-order valence-corrected chi connectivity index (χ1v) is 7.41. The number of ether oxygens (including phenoxy) is 1. The number of para-hydroxylation sites is 1. The third-order valence-corrected chi connectivity index (χ3v) is 3.36. The maximum Gasteiger partial charge on any atom is 0.0637 e. The summed E-state index contributed by atoms with van der Waals surface area (Å²) in [4.78, 5) is 2.32. The van der Waals surface area contributed by atoms with Gasteiger partial charge >= 0.3 is 0 Å². The summed E-state index contributed by atoms with van der Waals surface area (Å²) in [6, 6.07) is 8.92. The molecule has 0 amide bonds. The van der Waals surface area contributed by atoms with Gasteiger partial charge in [0.2, 0.25) is 0 Å². The molecule has 0 bridgehead atoms. The number of rotatable bonds is 10. The molecule has 3 heteroatoms. The molecule has 112 valence electrons. The minimum atomic E-state index is 0.348. The molecular formula is C17H28N2O. The Morgan fingerprint density at radius 2 is 2.15 bits per heavy atom. The first kappa shape index (κ1) is 16.7. The molecule has 0 aliphatic carbocycles. The fourth-order valence-electron chi connectivity index (χ4n) is 2.28. The lowest BCUT2D eigenvalue weighted by molar-refractivity contribution is 0.205. The first-order chi connectivity index (χ1) is 9.74. The van der Waals surface area contributed by atoms with Gasteiger partial charge in [-0.3, -0.25) is 0 Å². The first-order valence-electron chi connectivity index (χ1n) is 7.41. The molecule has 1 aromatic rings. The topological polar surface area (TPSA) is 24.5 Å². The van der Waals surface area contributed by atoms with Crippen LogP contribution in [0.4, 0.5) is 5.69 Å². The van der Waals surface area contributed by atoms with Gasteiger partial charge in [0.05, 0.1) is 6.61 Å². The molecular weight excluding hydrogens is 248 g/mol. The number of nitrogens with zero attached hydrogens (tertiary/aromatic N) is 1. The highest BCUT2D eigenvalue weighted by Crippen LogP contribution is 2.26. The van der Waals surface area contributed by atoms with E-state index in [0.29, 0.717) is 6.04 Å². The summed E-state index contributed by atoms with van der Waals surface area (Å²) in [5, 5.41) is 3.56. The zero-order valence-electron chi connectivity index (χ0n) is 13.1. The normalized spacial score (nSPS) is 12.2. The van der Waals surface area contributed by atoms with Crippen LogP contribution in [0.1, 0.15) is 31.9 Å². The van der Waals surface area contributed by atoms with E-state index in [1.807, 2.05) is 6.08 Å². The van der Waals surface area contributed by atoms with E-state index in [2.05, 4.69) is 54.9 Å². The molecule has 0 aliphatic heterocycles. The third-order valence-electron chi connectivity index (χ3n) is 3.36. The number of hydrogen-bond acceptors (Lipinski definition) is 3. The summed E-state index contributed by atoms with van der Waals surface area (Å²) in [5.41, 5.74) is 2.60. The van der Waals surface area contributed by atoms with Gasteiger partial charge in [-0.2, -0.15) is 0 Å². The highest BCUT2D eigenvalue weighted by Gasteiger charge is 2.14. The average molecular weight is 276 g/mol. The molecule has 1 unspecified atom stereocenters. The Morgan fingerprint density at radius 1 is 1.40 bits per heavy atom. The lowest BCUT2D eigenvalue weighted by atomic mass is 10.0. The van der Waals surface area contributed by atoms with Crippen molar-refractivity contribution in [3.63, 3.8) is 0 Å². The SMILES string of the molecule is C=CCN(CCOC)c1ccccc1C(C)NCCC. The second-order valence-corrected chi connectivity index (χ2v) is 4.96. The molecule has 20 heavy (non-hydrogen) atoms. The molecule has 0 saturated heterocycles. The van der Waals surface area contributed by atoms with E-state index in [1.54, 1.807) is 7.11 Å². The summed E-state index contributed by atoms with van der Waals surface area (Å²) in [6.07, 6.45) is 3.09. The summed E-state index contributed by atoms with van der Waals surface area (Å²) < 4.78 is 5.21. The van der Waals surface area contributed by atoms with Crippen molar-refractivity contribution in [2.24, 2.45) is 0 Å². The number of nitrogens with one attached hydrogen (secondary N) is 1. The minimum Gasteiger partial charge on any atom is -0.383 e.